The Labute approximate surface area is 194 Å². The minimum Gasteiger partial charge on any atom is -0.454 e. The number of ether oxygens (including phenoxy) is 5. The summed E-state index contributed by atoms with van der Waals surface area (Å²) in [6.45, 7) is 1.26. The lowest BCUT2D eigenvalue weighted by molar-refractivity contribution is 0.0613. The summed E-state index contributed by atoms with van der Waals surface area (Å²) in [5, 5.41) is 17.7. The van der Waals surface area contributed by atoms with Crippen LogP contribution < -0.4 is 24.8 Å². The average molecular weight is 466 g/mol. The van der Waals surface area contributed by atoms with Crippen LogP contribution in [0.2, 0.25) is 0 Å². The molecule has 2 fully saturated rings. The van der Waals surface area contributed by atoms with Crippen LogP contribution in [0.4, 0.5) is 4.79 Å². The van der Waals surface area contributed by atoms with Crippen LogP contribution in [-0.4, -0.2) is 64.5 Å². The number of tetrazole rings is 1. The number of urea groups is 1. The van der Waals surface area contributed by atoms with Gasteiger partial charge in [0.15, 0.2) is 11.5 Å². The van der Waals surface area contributed by atoms with Crippen molar-refractivity contribution in [3.63, 3.8) is 0 Å². The first-order valence-electron chi connectivity index (χ1n) is 10.9. The van der Waals surface area contributed by atoms with E-state index >= 15 is 0 Å². The first-order valence-corrected chi connectivity index (χ1v) is 10.9. The molecular formula is C22H22N6O6. The van der Waals surface area contributed by atoms with Crippen LogP contribution in [0.15, 0.2) is 48.5 Å². The van der Waals surface area contributed by atoms with Crippen LogP contribution in [0.1, 0.15) is 11.6 Å². The van der Waals surface area contributed by atoms with Crippen molar-refractivity contribution in [2.45, 2.75) is 30.8 Å². The van der Waals surface area contributed by atoms with E-state index in [2.05, 4.69) is 26.2 Å². The molecule has 3 aliphatic heterocycles. The summed E-state index contributed by atoms with van der Waals surface area (Å²) < 4.78 is 30.1. The number of nitrogens with zero attached hydrogens (tertiary/aromatic N) is 4. The minimum absolute atomic E-state index is 0.176. The monoisotopic (exact) mass is 466 g/mol. The molecule has 3 aliphatic rings. The summed E-state index contributed by atoms with van der Waals surface area (Å²) in [6.07, 6.45) is -0.655. The van der Waals surface area contributed by atoms with E-state index in [1.54, 1.807) is 22.9 Å². The fraction of sp³-hybridized carbons (Fsp3) is 0.364. The number of rotatable bonds is 6. The molecule has 34 heavy (non-hydrogen) atoms. The predicted molar refractivity (Wildman–Crippen MR) is 115 cm³/mol. The molecule has 0 spiro atoms. The van der Waals surface area contributed by atoms with Crippen molar-refractivity contribution in [3.8, 4) is 23.3 Å². The SMILES string of the molecule is O=C(NCc1ccccc1)NC1COC2C1OCC2n1nnnc1Oc1ccc2c(c1)OCO2. The normalized spacial score (nSPS) is 24.6. The molecule has 1 aromatic heterocycles. The molecule has 4 atom stereocenters. The summed E-state index contributed by atoms with van der Waals surface area (Å²) in [7, 11) is 0. The van der Waals surface area contributed by atoms with Gasteiger partial charge in [-0.25, -0.2) is 4.79 Å². The number of benzene rings is 2. The highest BCUT2D eigenvalue weighted by Gasteiger charge is 2.50. The van der Waals surface area contributed by atoms with Gasteiger partial charge in [0, 0.05) is 12.6 Å². The number of hydrogen-bond acceptors (Lipinski definition) is 9. The Morgan fingerprint density at radius 3 is 2.82 bits per heavy atom. The van der Waals surface area contributed by atoms with Gasteiger partial charge in [-0.3, -0.25) is 0 Å². The van der Waals surface area contributed by atoms with E-state index in [-0.39, 0.29) is 43.1 Å². The van der Waals surface area contributed by atoms with Gasteiger partial charge in [-0.2, -0.15) is 4.68 Å². The number of hydrogen-bond donors (Lipinski definition) is 2. The molecule has 176 valence electrons. The number of carbonyl (C=O) groups is 1. The number of aromatic nitrogens is 4. The van der Waals surface area contributed by atoms with E-state index in [0.29, 0.717) is 37.0 Å². The molecule has 4 unspecified atom stereocenters. The fourth-order valence-electron chi connectivity index (χ4n) is 4.32. The van der Waals surface area contributed by atoms with Gasteiger partial charge in [-0.1, -0.05) is 35.4 Å². The van der Waals surface area contributed by atoms with E-state index in [4.69, 9.17) is 23.7 Å². The number of carbonyl (C=O) groups excluding carboxylic acids is 1. The largest absolute Gasteiger partial charge is 0.454 e. The molecule has 6 rings (SSSR count). The van der Waals surface area contributed by atoms with Crippen LogP contribution in [0.3, 0.4) is 0 Å². The summed E-state index contributed by atoms with van der Waals surface area (Å²) in [5.74, 6) is 1.77. The lowest BCUT2D eigenvalue weighted by Gasteiger charge is -2.18. The van der Waals surface area contributed by atoms with Crippen molar-refractivity contribution in [1.29, 1.82) is 0 Å². The zero-order valence-electron chi connectivity index (χ0n) is 18.0. The zero-order chi connectivity index (χ0) is 22.9. The molecule has 0 radical (unpaired) electrons. The predicted octanol–water partition coefficient (Wildman–Crippen LogP) is 1.40. The van der Waals surface area contributed by atoms with Gasteiger partial charge in [-0.15, -0.1) is 0 Å². The Balaban J connectivity index is 1.09. The Kier molecular flexibility index (Phi) is 5.35. The second kappa shape index (κ2) is 8.80. The third-order valence-electron chi connectivity index (χ3n) is 5.97. The lowest BCUT2D eigenvalue weighted by atomic mass is 10.1. The Morgan fingerprint density at radius 2 is 1.91 bits per heavy atom. The molecule has 0 aliphatic carbocycles. The van der Waals surface area contributed by atoms with E-state index < -0.39 is 0 Å². The smallest absolute Gasteiger partial charge is 0.341 e. The number of fused-ring (bicyclic) bond motifs is 2. The van der Waals surface area contributed by atoms with Gasteiger partial charge in [-0.05, 0) is 28.1 Å². The Hall–Kier alpha value is -3.90. The van der Waals surface area contributed by atoms with Crippen molar-refractivity contribution in [2.75, 3.05) is 20.0 Å². The van der Waals surface area contributed by atoms with Crippen LogP contribution in [0.25, 0.3) is 0 Å². The highest BCUT2D eigenvalue weighted by Crippen LogP contribution is 2.38. The average Bonchev–Trinajstić information content (AvgIpc) is 3.64. The molecule has 2 N–H and O–H groups in total. The highest BCUT2D eigenvalue weighted by molar-refractivity contribution is 5.74. The van der Waals surface area contributed by atoms with E-state index in [1.807, 2.05) is 30.3 Å². The third kappa shape index (κ3) is 3.97. The van der Waals surface area contributed by atoms with Gasteiger partial charge >= 0.3 is 12.0 Å². The summed E-state index contributed by atoms with van der Waals surface area (Å²) in [4.78, 5) is 12.4. The molecule has 2 amide bonds. The molecule has 4 heterocycles. The quantitative estimate of drug-likeness (QED) is 0.553. The van der Waals surface area contributed by atoms with Gasteiger partial charge in [0.05, 0.1) is 19.3 Å². The first-order chi connectivity index (χ1) is 16.7. The highest BCUT2D eigenvalue weighted by atomic mass is 16.7. The first kappa shape index (κ1) is 20.7. The molecule has 2 aromatic carbocycles. The fourth-order valence-corrected chi connectivity index (χ4v) is 4.32. The van der Waals surface area contributed by atoms with Crippen LogP contribution in [0.5, 0.6) is 23.3 Å². The Bertz CT molecular complexity index is 1170. The van der Waals surface area contributed by atoms with Crippen molar-refractivity contribution >= 4 is 6.03 Å². The molecule has 2 saturated heterocycles. The standard InChI is InChI=1S/C22H22N6O6/c29-21(23-9-13-4-2-1-3-5-13)24-15-10-30-20-16(11-31-19(15)20)28-22(25-26-27-28)34-14-6-7-17-18(8-14)33-12-32-17/h1-8,15-16,19-20H,9-12H2,(H2,23,24,29). The maximum Gasteiger partial charge on any atom is 0.341 e. The minimum atomic E-state index is -0.331. The summed E-state index contributed by atoms with van der Waals surface area (Å²) in [6, 6.07) is 14.3. The van der Waals surface area contributed by atoms with Gasteiger partial charge in [0.2, 0.25) is 6.79 Å². The molecule has 0 saturated carbocycles. The van der Waals surface area contributed by atoms with Gasteiger partial charge in [0.25, 0.3) is 0 Å². The maximum atomic E-state index is 12.4. The molecule has 0 bridgehead atoms. The maximum absolute atomic E-state index is 12.4. The van der Waals surface area contributed by atoms with Crippen LogP contribution >= 0.6 is 0 Å². The van der Waals surface area contributed by atoms with E-state index in [9.17, 15) is 4.79 Å². The molecule has 12 heteroatoms. The van der Waals surface area contributed by atoms with Crippen molar-refractivity contribution in [1.82, 2.24) is 30.8 Å². The number of amides is 2. The lowest BCUT2D eigenvalue weighted by Crippen LogP contribution is -2.48. The Morgan fingerprint density at radius 1 is 1.06 bits per heavy atom. The molecular weight excluding hydrogens is 444 g/mol. The second-order valence-corrected chi connectivity index (χ2v) is 8.11. The summed E-state index contributed by atoms with van der Waals surface area (Å²) >= 11 is 0. The summed E-state index contributed by atoms with van der Waals surface area (Å²) in [5.41, 5.74) is 1.02. The van der Waals surface area contributed by atoms with E-state index in [0.717, 1.165) is 5.56 Å². The third-order valence-corrected chi connectivity index (χ3v) is 5.97. The molecule has 12 nitrogen and oxygen atoms in total. The zero-order valence-corrected chi connectivity index (χ0v) is 18.0. The topological polar surface area (TPSA) is 131 Å². The second-order valence-electron chi connectivity index (χ2n) is 8.11. The number of nitrogens with one attached hydrogen (secondary N) is 2. The van der Waals surface area contributed by atoms with Gasteiger partial charge in [0.1, 0.15) is 24.0 Å². The van der Waals surface area contributed by atoms with Crippen molar-refractivity contribution in [2.24, 2.45) is 0 Å². The van der Waals surface area contributed by atoms with E-state index in [1.165, 1.54) is 0 Å². The van der Waals surface area contributed by atoms with Gasteiger partial charge < -0.3 is 34.3 Å². The molecule has 3 aromatic rings. The van der Waals surface area contributed by atoms with Crippen molar-refractivity contribution in [3.05, 3.63) is 54.1 Å². The van der Waals surface area contributed by atoms with Crippen LogP contribution in [-0.2, 0) is 16.0 Å². The van der Waals surface area contributed by atoms with Crippen molar-refractivity contribution < 1.29 is 28.5 Å². The van der Waals surface area contributed by atoms with Crippen LogP contribution in [0, 0.1) is 0 Å².